The molecule has 0 aliphatic heterocycles. The molecule has 3 heteroatoms. The van der Waals surface area contributed by atoms with Gasteiger partial charge in [0.2, 0.25) is 0 Å². The summed E-state index contributed by atoms with van der Waals surface area (Å²) in [4.78, 5) is 4.12. The molecule has 2 N–H and O–H groups in total. The van der Waals surface area contributed by atoms with Gasteiger partial charge in [-0.3, -0.25) is 0 Å². The minimum absolute atomic E-state index is 0.523. The number of hydrogen-bond donors (Lipinski definition) is 1. The Hall–Kier alpha value is -2.81. The van der Waals surface area contributed by atoms with Crippen molar-refractivity contribution >= 4 is 5.82 Å². The first-order chi connectivity index (χ1) is 10.3. The fourth-order valence-electron chi connectivity index (χ4n) is 2.08. The van der Waals surface area contributed by atoms with Crippen molar-refractivity contribution in [2.45, 2.75) is 6.61 Å². The molecular formula is C18H16N2O. The predicted molar refractivity (Wildman–Crippen MR) is 84.9 cm³/mol. The first-order valence-electron chi connectivity index (χ1n) is 6.80. The van der Waals surface area contributed by atoms with Crippen LogP contribution in [0.15, 0.2) is 72.9 Å². The number of nitrogen functional groups attached to an aromatic ring is 1. The number of ether oxygens (including phenoxy) is 1. The highest BCUT2D eigenvalue weighted by atomic mass is 16.5. The van der Waals surface area contributed by atoms with Crippen LogP contribution in [0.2, 0.25) is 0 Å². The summed E-state index contributed by atoms with van der Waals surface area (Å²) in [6.45, 7) is 0.560. The Kier molecular flexibility index (Phi) is 3.83. The third kappa shape index (κ3) is 3.39. The van der Waals surface area contributed by atoms with Crippen molar-refractivity contribution in [1.29, 1.82) is 0 Å². The molecule has 0 aliphatic rings. The lowest BCUT2D eigenvalue weighted by Crippen LogP contribution is -1.95. The van der Waals surface area contributed by atoms with Crippen molar-refractivity contribution in [3.63, 3.8) is 0 Å². The maximum Gasteiger partial charge on any atom is 0.123 e. The Bertz CT molecular complexity index is 709. The zero-order valence-corrected chi connectivity index (χ0v) is 11.6. The van der Waals surface area contributed by atoms with Gasteiger partial charge in [-0.1, -0.05) is 42.5 Å². The molecule has 1 heterocycles. The van der Waals surface area contributed by atoms with E-state index in [1.54, 1.807) is 12.3 Å². The van der Waals surface area contributed by atoms with Gasteiger partial charge in [-0.15, -0.1) is 0 Å². The monoisotopic (exact) mass is 276 g/mol. The predicted octanol–water partition coefficient (Wildman–Crippen LogP) is 3.91. The molecule has 21 heavy (non-hydrogen) atoms. The molecule has 0 atom stereocenters. The minimum atomic E-state index is 0.523. The number of nitrogens with zero attached hydrogens (tertiary/aromatic N) is 1. The van der Waals surface area contributed by atoms with Crippen LogP contribution in [-0.2, 0) is 6.61 Å². The van der Waals surface area contributed by atoms with Gasteiger partial charge in [0, 0.05) is 11.8 Å². The zero-order chi connectivity index (χ0) is 14.5. The molecular weight excluding hydrogens is 260 g/mol. The zero-order valence-electron chi connectivity index (χ0n) is 11.6. The van der Waals surface area contributed by atoms with Gasteiger partial charge in [0.15, 0.2) is 0 Å². The normalized spacial score (nSPS) is 10.3. The number of aromatic nitrogens is 1. The van der Waals surface area contributed by atoms with E-state index in [1.807, 2.05) is 60.7 Å². The molecule has 0 aliphatic carbocycles. The molecule has 0 fully saturated rings. The topological polar surface area (TPSA) is 48.1 Å². The van der Waals surface area contributed by atoms with Gasteiger partial charge < -0.3 is 10.5 Å². The molecule has 104 valence electrons. The third-order valence-electron chi connectivity index (χ3n) is 3.20. The molecule has 0 amide bonds. The highest BCUT2D eigenvalue weighted by molar-refractivity contribution is 5.65. The van der Waals surface area contributed by atoms with Crippen LogP contribution >= 0.6 is 0 Å². The van der Waals surface area contributed by atoms with E-state index in [2.05, 4.69) is 4.98 Å². The average Bonchev–Trinajstić information content (AvgIpc) is 2.55. The number of rotatable bonds is 4. The van der Waals surface area contributed by atoms with Crippen LogP contribution in [0.3, 0.4) is 0 Å². The molecule has 0 bridgehead atoms. The molecule has 0 saturated heterocycles. The van der Waals surface area contributed by atoms with Crippen LogP contribution in [0, 0.1) is 0 Å². The van der Waals surface area contributed by atoms with E-state index in [1.165, 1.54) is 0 Å². The van der Waals surface area contributed by atoms with Crippen molar-refractivity contribution in [2.75, 3.05) is 5.73 Å². The summed E-state index contributed by atoms with van der Waals surface area (Å²) < 4.78 is 5.83. The number of pyridine rings is 1. The van der Waals surface area contributed by atoms with Gasteiger partial charge in [0.05, 0.1) is 0 Å². The Morgan fingerprint density at radius 2 is 1.71 bits per heavy atom. The second-order valence-electron chi connectivity index (χ2n) is 4.77. The van der Waals surface area contributed by atoms with E-state index in [0.717, 1.165) is 22.4 Å². The lowest BCUT2D eigenvalue weighted by Gasteiger charge is -2.08. The Morgan fingerprint density at radius 3 is 2.48 bits per heavy atom. The smallest absolute Gasteiger partial charge is 0.123 e. The van der Waals surface area contributed by atoms with Crippen LogP contribution < -0.4 is 10.5 Å². The van der Waals surface area contributed by atoms with Gasteiger partial charge in [-0.2, -0.15) is 0 Å². The summed E-state index contributed by atoms with van der Waals surface area (Å²) in [7, 11) is 0. The Morgan fingerprint density at radius 1 is 0.857 bits per heavy atom. The highest BCUT2D eigenvalue weighted by Gasteiger charge is 2.01. The van der Waals surface area contributed by atoms with Crippen LogP contribution in [0.5, 0.6) is 5.75 Å². The van der Waals surface area contributed by atoms with Crippen molar-refractivity contribution in [3.8, 4) is 16.9 Å². The summed E-state index contributed by atoms with van der Waals surface area (Å²) in [6, 6.07) is 21.8. The van der Waals surface area contributed by atoms with Crippen LogP contribution in [-0.4, -0.2) is 4.98 Å². The van der Waals surface area contributed by atoms with E-state index in [0.29, 0.717) is 12.4 Å². The number of hydrogen-bond acceptors (Lipinski definition) is 3. The fraction of sp³-hybridized carbons (Fsp3) is 0.0556. The SMILES string of the molecule is Nc1ccc(-c2cccc(OCc3ccccc3)c2)cn1. The molecule has 0 spiro atoms. The summed E-state index contributed by atoms with van der Waals surface area (Å²) in [5, 5.41) is 0. The molecule has 2 aromatic carbocycles. The highest BCUT2D eigenvalue weighted by Crippen LogP contribution is 2.24. The standard InChI is InChI=1S/C18H16N2O/c19-18-10-9-16(12-20-18)15-7-4-8-17(11-15)21-13-14-5-2-1-3-6-14/h1-12H,13H2,(H2,19,20). The van der Waals surface area contributed by atoms with Crippen molar-refractivity contribution in [3.05, 3.63) is 78.5 Å². The van der Waals surface area contributed by atoms with Crippen LogP contribution in [0.25, 0.3) is 11.1 Å². The summed E-state index contributed by atoms with van der Waals surface area (Å²) in [6.07, 6.45) is 1.77. The lowest BCUT2D eigenvalue weighted by molar-refractivity contribution is 0.306. The van der Waals surface area contributed by atoms with Gasteiger partial charge in [-0.05, 0) is 35.4 Å². The molecule has 3 aromatic rings. The van der Waals surface area contributed by atoms with Gasteiger partial charge in [0.1, 0.15) is 18.2 Å². The van der Waals surface area contributed by atoms with Crippen molar-refractivity contribution in [1.82, 2.24) is 4.98 Å². The largest absolute Gasteiger partial charge is 0.489 e. The van der Waals surface area contributed by atoms with E-state index in [-0.39, 0.29) is 0 Å². The van der Waals surface area contributed by atoms with Gasteiger partial charge in [-0.25, -0.2) is 4.98 Å². The van der Waals surface area contributed by atoms with Crippen LogP contribution in [0.4, 0.5) is 5.82 Å². The quantitative estimate of drug-likeness (QED) is 0.786. The summed E-state index contributed by atoms with van der Waals surface area (Å²) in [5.41, 5.74) is 8.85. The van der Waals surface area contributed by atoms with Crippen molar-refractivity contribution in [2.24, 2.45) is 0 Å². The average molecular weight is 276 g/mol. The Labute approximate surface area is 124 Å². The molecule has 3 nitrogen and oxygen atoms in total. The van der Waals surface area contributed by atoms with Crippen LogP contribution in [0.1, 0.15) is 5.56 Å². The minimum Gasteiger partial charge on any atom is -0.489 e. The van der Waals surface area contributed by atoms with Gasteiger partial charge in [0.25, 0.3) is 0 Å². The van der Waals surface area contributed by atoms with E-state index >= 15 is 0 Å². The first-order valence-corrected chi connectivity index (χ1v) is 6.80. The number of benzene rings is 2. The summed E-state index contributed by atoms with van der Waals surface area (Å²) >= 11 is 0. The van der Waals surface area contributed by atoms with E-state index in [9.17, 15) is 0 Å². The molecule has 0 saturated carbocycles. The summed E-state index contributed by atoms with van der Waals surface area (Å²) in [5.74, 6) is 1.36. The second-order valence-corrected chi connectivity index (χ2v) is 4.77. The molecule has 3 rings (SSSR count). The first kappa shape index (κ1) is 13.2. The maximum atomic E-state index is 5.83. The van der Waals surface area contributed by atoms with Crippen molar-refractivity contribution < 1.29 is 4.74 Å². The fourth-order valence-corrected chi connectivity index (χ4v) is 2.08. The maximum absolute atomic E-state index is 5.83. The number of anilines is 1. The molecule has 1 aromatic heterocycles. The second kappa shape index (κ2) is 6.09. The van der Waals surface area contributed by atoms with E-state index < -0.39 is 0 Å². The Balaban J connectivity index is 1.75. The molecule has 0 radical (unpaired) electrons. The molecule has 0 unspecified atom stereocenters. The van der Waals surface area contributed by atoms with E-state index in [4.69, 9.17) is 10.5 Å². The number of nitrogens with two attached hydrogens (primary N) is 1. The third-order valence-corrected chi connectivity index (χ3v) is 3.20. The lowest BCUT2D eigenvalue weighted by atomic mass is 10.1. The van der Waals surface area contributed by atoms with Gasteiger partial charge >= 0.3 is 0 Å².